The summed E-state index contributed by atoms with van der Waals surface area (Å²) in [5.41, 5.74) is -4.95. The van der Waals surface area contributed by atoms with Gasteiger partial charge in [0.25, 0.3) is 0 Å². The van der Waals surface area contributed by atoms with E-state index in [-0.39, 0.29) is 79.5 Å². The largest absolute Gasteiger partial charge is 0.477 e. The van der Waals surface area contributed by atoms with Gasteiger partial charge in [-0.1, -0.05) is 32.9 Å². The highest BCUT2D eigenvalue weighted by atomic mass is 32.2. The van der Waals surface area contributed by atoms with Crippen LogP contribution in [-0.2, 0) is 68.6 Å². The van der Waals surface area contributed by atoms with Gasteiger partial charge in [0.1, 0.15) is 29.0 Å². The Morgan fingerprint density at radius 3 is 2.25 bits per heavy atom. The van der Waals surface area contributed by atoms with Gasteiger partial charge in [-0.15, -0.1) is 0 Å². The molecule has 1 aromatic carbocycles. The van der Waals surface area contributed by atoms with E-state index in [4.69, 9.17) is 42.7 Å². The summed E-state index contributed by atoms with van der Waals surface area (Å²) in [5, 5.41) is 65.9. The Bertz CT molecular complexity index is 2790. The fourth-order valence-corrected chi connectivity index (χ4v) is 14.0. The second-order valence-electron chi connectivity index (χ2n) is 24.4. The van der Waals surface area contributed by atoms with Gasteiger partial charge in [0, 0.05) is 75.2 Å². The first kappa shape index (κ1) is 67.9. The van der Waals surface area contributed by atoms with Crippen molar-refractivity contribution in [3.63, 3.8) is 0 Å². The molecule has 0 saturated carbocycles. The minimum atomic E-state index is -3.98. The summed E-state index contributed by atoms with van der Waals surface area (Å²) < 4.78 is 78.9. The quantitative estimate of drug-likeness (QED) is 0.0505. The molecule has 0 bridgehead atoms. The Kier molecular flexibility index (Phi) is 22.6. The summed E-state index contributed by atoms with van der Waals surface area (Å²) in [5.74, 6) is -6.99. The lowest BCUT2D eigenvalue weighted by Gasteiger charge is -2.49. The van der Waals surface area contributed by atoms with Gasteiger partial charge in [0.05, 0.1) is 70.3 Å². The minimum absolute atomic E-state index is 0.0254. The zero-order chi connectivity index (χ0) is 61.8. The van der Waals surface area contributed by atoms with Crippen molar-refractivity contribution in [1.29, 1.82) is 0 Å². The molecule has 19 atom stereocenters. The molecule has 1 aromatic heterocycles. The summed E-state index contributed by atoms with van der Waals surface area (Å²) in [6, 6.07) is 2.29. The molecule has 25 heteroatoms. The van der Waals surface area contributed by atoms with E-state index >= 15 is 0 Å². The predicted octanol–water partition coefficient (Wildman–Crippen LogP) is 3.72. The second-order valence-corrected chi connectivity index (χ2v) is 26.5. The smallest absolute Gasteiger partial charge is 0.341 e. The molecule has 470 valence electrons. The van der Waals surface area contributed by atoms with Crippen LogP contribution in [0.15, 0.2) is 33.2 Å². The molecule has 6 N–H and O–H groups in total. The fourth-order valence-electron chi connectivity index (χ4n) is 12.7. The molecule has 7 unspecified atom stereocenters. The van der Waals surface area contributed by atoms with Crippen LogP contribution in [0.3, 0.4) is 0 Å². The number of carboxylic acids is 1. The first-order chi connectivity index (χ1) is 38.7. The van der Waals surface area contributed by atoms with Crippen molar-refractivity contribution in [3.8, 4) is 0 Å². The third-order valence-corrected chi connectivity index (χ3v) is 19.2. The first-order valence-electron chi connectivity index (χ1n) is 28.9. The highest BCUT2D eigenvalue weighted by molar-refractivity contribution is 7.91. The number of nitrogens with zero attached hydrogens (tertiary/aromatic N) is 3. The van der Waals surface area contributed by atoms with E-state index in [1.165, 1.54) is 39.5 Å². The summed E-state index contributed by atoms with van der Waals surface area (Å²) in [7, 11) is 2.54. The maximum Gasteiger partial charge on any atom is 0.341 e. The number of carbonyl (C=O) groups excluding carboxylic acids is 2. The number of aromatic nitrogens is 1. The third kappa shape index (κ3) is 15.1. The monoisotopic (exact) mass is 1200 g/mol. The van der Waals surface area contributed by atoms with Crippen LogP contribution in [0.4, 0.5) is 0 Å². The van der Waals surface area contributed by atoms with Crippen molar-refractivity contribution in [2.45, 2.75) is 216 Å². The average molecular weight is 1200 g/mol. The SMILES string of the molecule is CCC1OC(=O)[C@H](C)[C@@H](OC2CC(C)(OC)C(OC(=O)CCNCCS(=O)(=O)c3cc4c5c(c3)c(=O)c(C(=O)O)cn5C(C)CC4)[C@H](C)O2)[C@H](C)[C@@H](O[C@@H]2O[C@H](C)C[C@H](N(C)C)C2O)[C@](C)(O)C[C@@H](C)C(=NOCOC)[C@H](C)[C@@H](O)C1(C)O. The third-order valence-electron chi connectivity index (χ3n) is 17.5. The number of likely N-dealkylation sites (N-methyl/N-ethyl adjacent to an activating group) is 1. The minimum Gasteiger partial charge on any atom is -0.477 e. The van der Waals surface area contributed by atoms with Gasteiger partial charge in [0.2, 0.25) is 12.2 Å². The molecule has 5 heterocycles. The summed E-state index contributed by atoms with van der Waals surface area (Å²) in [4.78, 5) is 60.8. The fraction of sp³-hybridized carbons (Fsp3) is 0.776. The summed E-state index contributed by atoms with van der Waals surface area (Å²) >= 11 is 0. The highest BCUT2D eigenvalue weighted by Gasteiger charge is 2.54. The van der Waals surface area contributed by atoms with E-state index < -0.39 is 141 Å². The number of carboxylic acid groups (broad SMARTS) is 1. The number of aliphatic hydroxyl groups excluding tert-OH is 2. The number of aryl methyl sites for hydroxylation is 1. The zero-order valence-electron chi connectivity index (χ0n) is 50.9. The number of sulfone groups is 1. The van der Waals surface area contributed by atoms with Crippen LogP contribution in [0, 0.1) is 23.7 Å². The van der Waals surface area contributed by atoms with Crippen LogP contribution in [0.1, 0.15) is 137 Å². The molecule has 3 saturated heterocycles. The molecule has 24 nitrogen and oxygen atoms in total. The molecule has 0 spiro atoms. The number of esters is 2. The standard InChI is InChI=1S/C58H92N4O20S/c1-16-42-58(11,71)50(66)33(5)45(60-76-29-74-14)30(2)26-56(9,70)51(82-55-48(65)41(61(12)13)23-32(4)77-55)34(6)49(35(7)54(69)79-42)81-44-27-57(10,75-15)52(36(8)78-44)80-43(63)19-20-59-21-22-83(72,73)38-24-37-18-17-31(3)62-28-40(53(67)68)47(64)39(25-38)46(37)62/h24-25,28,30-36,41-42,44,48-52,55,59,65-66,70-71H,16-23,26-27,29H2,1-15H3,(H,67,68)/t30-,31?,32-,33+,34+,35-,36+,41+,42?,44?,48?,49+,50-,51-,52?,55+,56-,57?,58?/m1/s1. The molecule has 0 aliphatic carbocycles. The van der Waals surface area contributed by atoms with Gasteiger partial charge in [0.15, 0.2) is 28.5 Å². The van der Waals surface area contributed by atoms with E-state index in [1.54, 1.807) is 60.0 Å². The van der Waals surface area contributed by atoms with Crippen molar-refractivity contribution in [3.05, 3.63) is 39.7 Å². The Morgan fingerprint density at radius 2 is 1.63 bits per heavy atom. The number of cyclic esters (lactones) is 1. The van der Waals surface area contributed by atoms with E-state index in [1.807, 2.05) is 32.8 Å². The van der Waals surface area contributed by atoms with Crippen LogP contribution in [-0.4, -0.2) is 205 Å². The number of hydrogen-bond acceptors (Lipinski definition) is 22. The van der Waals surface area contributed by atoms with Gasteiger partial charge in [-0.05, 0) is 112 Å². The number of hydrogen-bond donors (Lipinski definition) is 6. The van der Waals surface area contributed by atoms with Crippen molar-refractivity contribution >= 4 is 44.4 Å². The molecule has 4 aliphatic heterocycles. The van der Waals surface area contributed by atoms with Crippen molar-refractivity contribution < 1.29 is 91.1 Å². The normalized spacial score (nSPS) is 37.3. The van der Waals surface area contributed by atoms with E-state index in [0.717, 1.165) is 0 Å². The number of methoxy groups -OCH3 is 2. The van der Waals surface area contributed by atoms with Gasteiger partial charge in [-0.25, -0.2) is 13.2 Å². The van der Waals surface area contributed by atoms with Crippen molar-refractivity contribution in [1.82, 2.24) is 14.8 Å². The van der Waals surface area contributed by atoms with Crippen LogP contribution in [0.5, 0.6) is 0 Å². The molecule has 6 rings (SSSR count). The van der Waals surface area contributed by atoms with Crippen molar-refractivity contribution in [2.75, 3.05) is 54.0 Å². The topological polar surface area (TPSA) is 319 Å². The molecule has 0 radical (unpaired) electrons. The molecule has 83 heavy (non-hydrogen) atoms. The number of oxime groups is 1. The first-order valence-corrected chi connectivity index (χ1v) is 30.5. The lowest BCUT2D eigenvalue weighted by Crippen LogP contribution is -2.61. The van der Waals surface area contributed by atoms with Crippen LogP contribution in [0.25, 0.3) is 10.9 Å². The van der Waals surface area contributed by atoms with Crippen molar-refractivity contribution in [2.24, 2.45) is 28.8 Å². The Balaban J connectivity index is 1.22. The molecule has 3 fully saturated rings. The van der Waals surface area contributed by atoms with E-state index in [0.29, 0.717) is 30.3 Å². The van der Waals surface area contributed by atoms with Gasteiger partial charge >= 0.3 is 17.9 Å². The predicted molar refractivity (Wildman–Crippen MR) is 303 cm³/mol. The number of benzene rings is 1. The zero-order valence-corrected chi connectivity index (χ0v) is 51.7. The molecule has 4 aliphatic rings. The summed E-state index contributed by atoms with van der Waals surface area (Å²) in [6.07, 6.45) is -8.54. The van der Waals surface area contributed by atoms with Crippen LogP contribution >= 0.6 is 0 Å². The molecular weight excluding hydrogens is 1100 g/mol. The number of carbonyl (C=O) groups is 3. The maximum atomic E-state index is 14.7. The summed E-state index contributed by atoms with van der Waals surface area (Å²) in [6.45, 7) is 18.2. The maximum absolute atomic E-state index is 14.7. The highest BCUT2D eigenvalue weighted by Crippen LogP contribution is 2.42. The van der Waals surface area contributed by atoms with Gasteiger partial charge in [-0.2, -0.15) is 0 Å². The Morgan fingerprint density at radius 1 is 0.940 bits per heavy atom. The van der Waals surface area contributed by atoms with Gasteiger partial charge in [-0.3, -0.25) is 14.4 Å². The number of ether oxygens (including phenoxy) is 8. The van der Waals surface area contributed by atoms with E-state index in [9.17, 15) is 53.1 Å². The molecular formula is C58H92N4O20S. The van der Waals surface area contributed by atoms with E-state index in [2.05, 4.69) is 10.5 Å². The Hall–Kier alpha value is -4.22. The lowest BCUT2D eigenvalue weighted by molar-refractivity contribution is -0.318. The Labute approximate surface area is 487 Å². The number of nitrogens with one attached hydrogen (secondary N) is 1. The van der Waals surface area contributed by atoms with Crippen LogP contribution in [0.2, 0.25) is 0 Å². The number of pyridine rings is 1. The molecule has 2 aromatic rings. The number of rotatable bonds is 19. The average Bonchev–Trinajstić information content (AvgIpc) is 3.60. The number of aliphatic hydroxyl groups is 4. The van der Waals surface area contributed by atoms with Gasteiger partial charge < -0.3 is 83.0 Å². The molecule has 0 amide bonds. The van der Waals surface area contributed by atoms with Crippen LogP contribution < -0.4 is 10.7 Å². The second kappa shape index (κ2) is 27.6. The number of aromatic carboxylic acids is 1. The lowest BCUT2D eigenvalue weighted by atomic mass is 9.73.